The number of imide groups is 1. The fourth-order valence-electron chi connectivity index (χ4n) is 4.30. The topological polar surface area (TPSA) is 83.0 Å². The van der Waals surface area contributed by atoms with Crippen LogP contribution in [0.25, 0.3) is 33.1 Å². The third kappa shape index (κ3) is 3.23. The molecule has 0 unspecified atom stereocenters. The van der Waals surface area contributed by atoms with Gasteiger partial charge in [0.25, 0.3) is 11.8 Å². The molecular formula is C24H23N5O2. The predicted octanol–water partition coefficient (Wildman–Crippen LogP) is 3.04. The summed E-state index contributed by atoms with van der Waals surface area (Å²) < 4.78 is 2.07. The highest BCUT2D eigenvalue weighted by atomic mass is 16.2. The number of aromatic nitrogens is 3. The van der Waals surface area contributed by atoms with Crippen molar-refractivity contribution in [1.29, 1.82) is 0 Å². The van der Waals surface area contributed by atoms with Gasteiger partial charge in [-0.05, 0) is 45.3 Å². The molecule has 31 heavy (non-hydrogen) atoms. The van der Waals surface area contributed by atoms with Crippen molar-refractivity contribution in [2.75, 3.05) is 20.6 Å². The average Bonchev–Trinajstić information content (AvgIpc) is 3.41. The van der Waals surface area contributed by atoms with Crippen LogP contribution in [0.15, 0.2) is 55.0 Å². The van der Waals surface area contributed by atoms with E-state index in [4.69, 9.17) is 0 Å². The van der Waals surface area contributed by atoms with Crippen LogP contribution < -0.4 is 5.32 Å². The summed E-state index contributed by atoms with van der Waals surface area (Å²) in [7, 11) is 4.09. The zero-order valence-electron chi connectivity index (χ0n) is 17.5. The number of pyridine rings is 1. The number of amides is 2. The fraction of sp³-hybridized carbons (Fsp3) is 0.208. The van der Waals surface area contributed by atoms with Gasteiger partial charge in [-0.25, -0.2) is 4.98 Å². The van der Waals surface area contributed by atoms with Crippen molar-refractivity contribution in [2.24, 2.45) is 0 Å². The summed E-state index contributed by atoms with van der Waals surface area (Å²) in [5.74, 6) is -0.747. The number of hydrogen-bond donors (Lipinski definition) is 2. The van der Waals surface area contributed by atoms with Gasteiger partial charge < -0.3 is 14.5 Å². The maximum Gasteiger partial charge on any atom is 0.259 e. The number of para-hydroxylation sites is 1. The highest BCUT2D eigenvalue weighted by Gasteiger charge is 2.35. The Morgan fingerprint density at radius 2 is 1.71 bits per heavy atom. The first-order valence-corrected chi connectivity index (χ1v) is 10.3. The van der Waals surface area contributed by atoms with Gasteiger partial charge in [-0.15, -0.1) is 0 Å². The van der Waals surface area contributed by atoms with E-state index >= 15 is 0 Å². The Labute approximate surface area is 179 Å². The molecule has 0 radical (unpaired) electrons. The van der Waals surface area contributed by atoms with Gasteiger partial charge in [0.2, 0.25) is 0 Å². The minimum atomic E-state index is -0.374. The van der Waals surface area contributed by atoms with Crippen molar-refractivity contribution in [3.63, 3.8) is 0 Å². The highest BCUT2D eigenvalue weighted by Crippen LogP contribution is 2.37. The summed E-state index contributed by atoms with van der Waals surface area (Å²) in [4.78, 5) is 35.7. The molecule has 1 aliphatic heterocycles. The number of fused-ring (bicyclic) bond motifs is 2. The van der Waals surface area contributed by atoms with Crippen LogP contribution in [0.3, 0.4) is 0 Å². The van der Waals surface area contributed by atoms with Crippen LogP contribution in [0.1, 0.15) is 17.5 Å². The highest BCUT2D eigenvalue weighted by molar-refractivity contribution is 6.50. The zero-order valence-corrected chi connectivity index (χ0v) is 17.5. The number of carbonyl (C=O) groups excluding carboxylic acids is 2. The second-order valence-corrected chi connectivity index (χ2v) is 8.05. The van der Waals surface area contributed by atoms with E-state index in [2.05, 4.69) is 24.8 Å². The van der Waals surface area contributed by atoms with Gasteiger partial charge in [0, 0.05) is 52.6 Å². The van der Waals surface area contributed by atoms with Crippen molar-refractivity contribution in [1.82, 2.24) is 24.8 Å². The molecule has 0 saturated heterocycles. The summed E-state index contributed by atoms with van der Waals surface area (Å²) in [5, 5.41) is 4.27. The molecule has 0 spiro atoms. The number of nitrogens with one attached hydrogen (secondary N) is 2. The summed E-state index contributed by atoms with van der Waals surface area (Å²) in [6.45, 7) is 1.72. The lowest BCUT2D eigenvalue weighted by Gasteiger charge is -2.09. The number of nitrogens with zero attached hydrogens (tertiary/aromatic N) is 3. The van der Waals surface area contributed by atoms with Crippen LogP contribution >= 0.6 is 0 Å². The van der Waals surface area contributed by atoms with E-state index in [-0.39, 0.29) is 11.8 Å². The van der Waals surface area contributed by atoms with E-state index < -0.39 is 0 Å². The molecule has 0 fully saturated rings. The van der Waals surface area contributed by atoms with Crippen molar-refractivity contribution in [3.8, 4) is 0 Å². The number of aryl methyl sites for hydroxylation is 1. The first-order valence-electron chi connectivity index (χ1n) is 10.3. The molecule has 156 valence electrons. The number of benzene rings is 1. The van der Waals surface area contributed by atoms with Crippen LogP contribution in [0, 0.1) is 0 Å². The predicted molar refractivity (Wildman–Crippen MR) is 121 cm³/mol. The van der Waals surface area contributed by atoms with Gasteiger partial charge in [0.05, 0.1) is 11.1 Å². The van der Waals surface area contributed by atoms with E-state index in [9.17, 15) is 9.59 Å². The van der Waals surface area contributed by atoms with Crippen LogP contribution in [0.2, 0.25) is 0 Å². The Morgan fingerprint density at radius 1 is 0.968 bits per heavy atom. The molecule has 7 heteroatoms. The van der Waals surface area contributed by atoms with Crippen LogP contribution in [0.4, 0.5) is 0 Å². The summed E-state index contributed by atoms with van der Waals surface area (Å²) in [6, 6.07) is 11.6. The molecule has 0 atom stereocenters. The van der Waals surface area contributed by atoms with Crippen molar-refractivity contribution in [3.05, 3.63) is 66.1 Å². The molecule has 2 N–H and O–H groups in total. The Morgan fingerprint density at radius 3 is 2.52 bits per heavy atom. The smallest absolute Gasteiger partial charge is 0.259 e. The average molecular weight is 413 g/mol. The third-order valence-electron chi connectivity index (χ3n) is 5.70. The largest absolute Gasteiger partial charge is 0.361 e. The maximum absolute atomic E-state index is 12.9. The SMILES string of the molecule is CN(C)CCCn1cc(C2=C(c3c[nH]c4ccccc34)C(=O)NC2=O)c2cccnc21. The van der Waals surface area contributed by atoms with Crippen molar-refractivity contribution in [2.45, 2.75) is 13.0 Å². The minimum absolute atomic E-state index is 0.373. The van der Waals surface area contributed by atoms with E-state index in [0.717, 1.165) is 52.6 Å². The number of carbonyl (C=O) groups is 2. The lowest BCUT2D eigenvalue weighted by molar-refractivity contribution is -0.122. The second-order valence-electron chi connectivity index (χ2n) is 8.05. The Hall–Kier alpha value is -3.71. The zero-order chi connectivity index (χ0) is 21.5. The molecule has 1 aliphatic rings. The van der Waals surface area contributed by atoms with E-state index in [1.807, 2.05) is 56.7 Å². The molecule has 3 aromatic heterocycles. The van der Waals surface area contributed by atoms with E-state index in [0.29, 0.717) is 11.1 Å². The molecule has 4 aromatic rings. The minimum Gasteiger partial charge on any atom is -0.361 e. The molecule has 0 bridgehead atoms. The monoisotopic (exact) mass is 413 g/mol. The van der Waals surface area contributed by atoms with Gasteiger partial charge in [0.1, 0.15) is 5.65 Å². The van der Waals surface area contributed by atoms with Gasteiger partial charge in [-0.3, -0.25) is 14.9 Å². The Bertz CT molecular complexity index is 1360. The number of H-pyrrole nitrogens is 1. The standard InChI is InChI=1S/C24H23N5O2/c1-28(2)11-6-12-29-14-18(16-8-5-10-25-22(16)29)21-20(23(30)27-24(21)31)17-13-26-19-9-4-3-7-15(17)19/h3-5,7-10,13-14,26H,6,11-12H2,1-2H3,(H,27,30,31). The number of hydrogen-bond acceptors (Lipinski definition) is 4. The van der Waals surface area contributed by atoms with Crippen molar-refractivity contribution < 1.29 is 9.59 Å². The first-order chi connectivity index (χ1) is 15.0. The molecule has 2 amide bonds. The maximum atomic E-state index is 12.9. The normalized spacial score (nSPS) is 14.4. The Balaban J connectivity index is 1.70. The number of aromatic amines is 1. The van der Waals surface area contributed by atoms with Crippen molar-refractivity contribution >= 4 is 44.9 Å². The summed E-state index contributed by atoms with van der Waals surface area (Å²) in [6.07, 6.45) is 6.46. The van der Waals surface area contributed by atoms with Gasteiger partial charge in [-0.2, -0.15) is 0 Å². The lowest BCUT2D eigenvalue weighted by atomic mass is 9.96. The third-order valence-corrected chi connectivity index (χ3v) is 5.70. The first kappa shape index (κ1) is 19.3. The fourth-order valence-corrected chi connectivity index (χ4v) is 4.30. The molecule has 5 rings (SSSR count). The number of rotatable bonds is 6. The van der Waals surface area contributed by atoms with E-state index in [1.165, 1.54) is 0 Å². The molecule has 0 saturated carbocycles. The van der Waals surface area contributed by atoms with Gasteiger partial charge >= 0.3 is 0 Å². The van der Waals surface area contributed by atoms with Gasteiger partial charge in [-0.1, -0.05) is 18.2 Å². The summed E-state index contributed by atoms with van der Waals surface area (Å²) >= 11 is 0. The van der Waals surface area contributed by atoms with Crippen LogP contribution in [-0.4, -0.2) is 51.9 Å². The molecular weight excluding hydrogens is 390 g/mol. The van der Waals surface area contributed by atoms with E-state index in [1.54, 1.807) is 12.4 Å². The van der Waals surface area contributed by atoms with Crippen LogP contribution in [0.5, 0.6) is 0 Å². The lowest BCUT2D eigenvalue weighted by Crippen LogP contribution is -2.22. The molecule has 7 nitrogen and oxygen atoms in total. The second kappa shape index (κ2) is 7.52. The van der Waals surface area contributed by atoms with Gasteiger partial charge in [0.15, 0.2) is 0 Å². The molecule has 1 aromatic carbocycles. The van der Waals surface area contributed by atoms with Crippen LogP contribution in [-0.2, 0) is 16.1 Å². The Kier molecular flexibility index (Phi) is 4.67. The summed E-state index contributed by atoms with van der Waals surface area (Å²) in [5.41, 5.74) is 4.00. The molecule has 0 aliphatic carbocycles. The quantitative estimate of drug-likeness (QED) is 0.476. The molecule has 4 heterocycles.